The lowest BCUT2D eigenvalue weighted by atomic mass is 9.92. The van der Waals surface area contributed by atoms with Gasteiger partial charge in [-0.3, -0.25) is 4.79 Å². The molecular formula is C13H21F3N2O2. The summed E-state index contributed by atoms with van der Waals surface area (Å²) in [6.45, 7) is 2.57. The van der Waals surface area contributed by atoms with Crippen LogP contribution in [0.1, 0.15) is 26.2 Å². The number of nitrogens with zero attached hydrogens (tertiary/aromatic N) is 1. The predicted molar refractivity (Wildman–Crippen MR) is 66.9 cm³/mol. The zero-order chi connectivity index (χ0) is 14.9. The van der Waals surface area contributed by atoms with Gasteiger partial charge in [0.1, 0.15) is 0 Å². The summed E-state index contributed by atoms with van der Waals surface area (Å²) in [6.07, 6.45) is -3.83. The Morgan fingerprint density at radius 3 is 2.50 bits per heavy atom. The van der Waals surface area contributed by atoms with Gasteiger partial charge in [-0.05, 0) is 25.2 Å². The van der Waals surface area contributed by atoms with E-state index in [4.69, 9.17) is 0 Å². The zero-order valence-electron chi connectivity index (χ0n) is 11.5. The van der Waals surface area contributed by atoms with Crippen molar-refractivity contribution in [2.45, 2.75) is 44.5 Å². The van der Waals surface area contributed by atoms with Crippen LogP contribution in [-0.4, -0.2) is 53.9 Å². The predicted octanol–water partition coefficient (Wildman–Crippen LogP) is 1.15. The van der Waals surface area contributed by atoms with Crippen molar-refractivity contribution in [1.29, 1.82) is 0 Å². The van der Waals surface area contributed by atoms with Crippen LogP contribution in [0.25, 0.3) is 0 Å². The van der Waals surface area contributed by atoms with E-state index in [0.29, 0.717) is 6.54 Å². The Kier molecular flexibility index (Phi) is 4.59. The molecule has 0 aromatic heterocycles. The second-order valence-electron chi connectivity index (χ2n) is 5.89. The highest BCUT2D eigenvalue weighted by Crippen LogP contribution is 2.32. The van der Waals surface area contributed by atoms with Gasteiger partial charge in [0.15, 0.2) is 0 Å². The van der Waals surface area contributed by atoms with Crippen LogP contribution in [0.15, 0.2) is 0 Å². The van der Waals surface area contributed by atoms with Gasteiger partial charge in [-0.2, -0.15) is 13.2 Å². The number of piperidine rings is 2. The van der Waals surface area contributed by atoms with Crippen molar-refractivity contribution in [2.24, 2.45) is 11.8 Å². The zero-order valence-corrected chi connectivity index (χ0v) is 11.5. The van der Waals surface area contributed by atoms with Crippen LogP contribution in [0.2, 0.25) is 0 Å². The third-order valence-corrected chi connectivity index (χ3v) is 4.41. The molecule has 1 amide bonds. The van der Waals surface area contributed by atoms with Crippen LogP contribution in [0.5, 0.6) is 0 Å². The molecule has 4 atom stereocenters. The molecule has 0 saturated carbocycles. The second-order valence-corrected chi connectivity index (χ2v) is 5.89. The molecule has 0 aliphatic carbocycles. The van der Waals surface area contributed by atoms with E-state index >= 15 is 0 Å². The van der Waals surface area contributed by atoms with E-state index in [2.05, 4.69) is 5.32 Å². The van der Waals surface area contributed by atoms with Crippen molar-refractivity contribution >= 4 is 5.91 Å². The molecule has 2 aliphatic heterocycles. The van der Waals surface area contributed by atoms with Crippen LogP contribution >= 0.6 is 0 Å². The van der Waals surface area contributed by atoms with Gasteiger partial charge in [0.05, 0.1) is 18.1 Å². The van der Waals surface area contributed by atoms with E-state index in [1.165, 1.54) is 0 Å². The van der Waals surface area contributed by atoms with E-state index in [1.807, 2.05) is 6.92 Å². The van der Waals surface area contributed by atoms with Gasteiger partial charge in [0.25, 0.3) is 0 Å². The highest BCUT2D eigenvalue weighted by molar-refractivity contribution is 5.82. The molecule has 0 bridgehead atoms. The number of carbonyl (C=O) groups excluding carboxylic acids is 1. The minimum atomic E-state index is -4.20. The summed E-state index contributed by atoms with van der Waals surface area (Å²) in [7, 11) is 0. The number of carbonyl (C=O) groups is 1. The van der Waals surface area contributed by atoms with Crippen LogP contribution in [0.3, 0.4) is 0 Å². The number of aliphatic hydroxyl groups excluding tert-OH is 1. The summed E-state index contributed by atoms with van der Waals surface area (Å²) < 4.78 is 37.7. The molecule has 2 fully saturated rings. The molecule has 0 aromatic rings. The Balaban J connectivity index is 1.86. The van der Waals surface area contributed by atoms with Crippen molar-refractivity contribution in [1.82, 2.24) is 10.2 Å². The standard InChI is InChI=1S/C13H21F3N2O2/c1-8-4-5-18(7-11(8)19)12(20)10-3-2-9(6-17-10)13(14,15)16/h8-11,17,19H,2-7H2,1H3. The second kappa shape index (κ2) is 5.89. The van der Waals surface area contributed by atoms with Crippen molar-refractivity contribution in [3.63, 3.8) is 0 Å². The lowest BCUT2D eigenvalue weighted by Crippen LogP contribution is -2.55. The monoisotopic (exact) mass is 294 g/mol. The SMILES string of the molecule is CC1CCN(C(=O)C2CCC(C(F)(F)F)CN2)CC1O. The van der Waals surface area contributed by atoms with E-state index in [1.54, 1.807) is 4.90 Å². The average molecular weight is 294 g/mol. The fraction of sp³-hybridized carbons (Fsp3) is 0.923. The summed E-state index contributed by atoms with van der Waals surface area (Å²) in [6, 6.07) is -0.547. The number of alkyl halides is 3. The Bertz CT molecular complexity index is 354. The van der Waals surface area contributed by atoms with Crippen LogP contribution in [-0.2, 0) is 4.79 Å². The maximum Gasteiger partial charge on any atom is 0.393 e. The smallest absolute Gasteiger partial charge is 0.391 e. The molecule has 2 heterocycles. The van der Waals surface area contributed by atoms with Gasteiger partial charge in [-0.1, -0.05) is 6.92 Å². The first-order valence-corrected chi connectivity index (χ1v) is 7.06. The van der Waals surface area contributed by atoms with Crippen molar-refractivity contribution in [3.05, 3.63) is 0 Å². The lowest BCUT2D eigenvalue weighted by Gasteiger charge is -2.38. The number of β-amino-alcohol motifs (C(OH)–C–C–N with tert-alkyl or cyclic N) is 1. The number of nitrogens with one attached hydrogen (secondary N) is 1. The van der Waals surface area contributed by atoms with Crippen molar-refractivity contribution in [2.75, 3.05) is 19.6 Å². The molecule has 20 heavy (non-hydrogen) atoms. The number of hydrogen-bond donors (Lipinski definition) is 2. The van der Waals surface area contributed by atoms with Gasteiger partial charge < -0.3 is 15.3 Å². The Hall–Kier alpha value is -0.820. The van der Waals surface area contributed by atoms with Gasteiger partial charge in [-0.15, -0.1) is 0 Å². The molecule has 116 valence electrons. The van der Waals surface area contributed by atoms with Gasteiger partial charge in [0.2, 0.25) is 5.91 Å². The first-order valence-electron chi connectivity index (χ1n) is 7.06. The largest absolute Gasteiger partial charge is 0.393 e. The number of halogens is 3. The summed E-state index contributed by atoms with van der Waals surface area (Å²) in [5.74, 6) is -1.39. The molecule has 4 unspecified atom stereocenters. The first-order chi connectivity index (χ1) is 9.29. The third-order valence-electron chi connectivity index (χ3n) is 4.41. The molecule has 2 saturated heterocycles. The summed E-state index contributed by atoms with van der Waals surface area (Å²) in [5, 5.41) is 12.5. The van der Waals surface area contributed by atoms with Crippen molar-refractivity contribution < 1.29 is 23.1 Å². The Morgan fingerprint density at radius 2 is 2.00 bits per heavy atom. The maximum absolute atomic E-state index is 12.6. The van der Waals surface area contributed by atoms with Crippen LogP contribution in [0.4, 0.5) is 13.2 Å². The van der Waals surface area contributed by atoms with Crippen molar-refractivity contribution in [3.8, 4) is 0 Å². The van der Waals surface area contributed by atoms with E-state index < -0.39 is 24.2 Å². The van der Waals surface area contributed by atoms with E-state index in [-0.39, 0.29) is 37.8 Å². The van der Waals surface area contributed by atoms with Gasteiger partial charge in [0, 0.05) is 19.6 Å². The normalized spacial score (nSPS) is 36.0. The summed E-state index contributed by atoms with van der Waals surface area (Å²) in [4.78, 5) is 13.8. The summed E-state index contributed by atoms with van der Waals surface area (Å²) >= 11 is 0. The van der Waals surface area contributed by atoms with Gasteiger partial charge in [-0.25, -0.2) is 0 Å². The van der Waals surface area contributed by atoms with Gasteiger partial charge >= 0.3 is 6.18 Å². The highest BCUT2D eigenvalue weighted by Gasteiger charge is 2.43. The molecule has 0 radical (unpaired) electrons. The molecule has 0 aromatic carbocycles. The fourth-order valence-corrected chi connectivity index (χ4v) is 2.82. The van der Waals surface area contributed by atoms with E-state index in [0.717, 1.165) is 6.42 Å². The molecule has 0 spiro atoms. The maximum atomic E-state index is 12.6. The minimum Gasteiger partial charge on any atom is -0.391 e. The number of rotatable bonds is 1. The summed E-state index contributed by atoms with van der Waals surface area (Å²) in [5.41, 5.74) is 0. The Labute approximate surface area is 116 Å². The number of hydrogen-bond acceptors (Lipinski definition) is 3. The third kappa shape index (κ3) is 3.44. The molecule has 4 nitrogen and oxygen atoms in total. The average Bonchev–Trinajstić information content (AvgIpc) is 2.40. The minimum absolute atomic E-state index is 0.0142. The highest BCUT2D eigenvalue weighted by atomic mass is 19.4. The van der Waals surface area contributed by atoms with Crippen LogP contribution < -0.4 is 5.32 Å². The molecular weight excluding hydrogens is 273 g/mol. The molecule has 2 rings (SSSR count). The topological polar surface area (TPSA) is 52.6 Å². The number of aliphatic hydroxyl groups is 1. The molecule has 2 aliphatic rings. The molecule has 2 N–H and O–H groups in total. The number of likely N-dealkylation sites (tertiary alicyclic amines) is 1. The Morgan fingerprint density at radius 1 is 1.30 bits per heavy atom. The lowest BCUT2D eigenvalue weighted by molar-refractivity contribution is -0.181. The van der Waals surface area contributed by atoms with Crippen LogP contribution in [0, 0.1) is 11.8 Å². The number of amides is 1. The quantitative estimate of drug-likeness (QED) is 0.763. The molecule has 7 heteroatoms. The van der Waals surface area contributed by atoms with E-state index in [9.17, 15) is 23.1 Å². The first kappa shape index (κ1) is 15.6. The fourth-order valence-electron chi connectivity index (χ4n) is 2.82.